The number of anilines is 2. The topological polar surface area (TPSA) is 88.9 Å². The number of fused-ring (bicyclic) bond motifs is 2. The van der Waals surface area contributed by atoms with Gasteiger partial charge in [-0.3, -0.25) is 9.59 Å². The molecule has 1 atom stereocenters. The van der Waals surface area contributed by atoms with Crippen molar-refractivity contribution in [2.75, 3.05) is 10.6 Å². The second-order valence-electron chi connectivity index (χ2n) is 8.62. The lowest BCUT2D eigenvalue weighted by atomic mass is 9.89. The smallest absolute Gasteiger partial charge is 0.227 e. The molecule has 2 aliphatic heterocycles. The van der Waals surface area contributed by atoms with Crippen LogP contribution >= 0.6 is 0 Å². The Bertz CT molecular complexity index is 1150. The van der Waals surface area contributed by atoms with Crippen LogP contribution in [-0.4, -0.2) is 26.6 Å². The fourth-order valence-corrected chi connectivity index (χ4v) is 4.61. The van der Waals surface area contributed by atoms with E-state index in [1.54, 1.807) is 0 Å². The van der Waals surface area contributed by atoms with Crippen LogP contribution in [0.2, 0.25) is 0 Å². The van der Waals surface area contributed by atoms with Crippen LogP contribution in [0.3, 0.4) is 0 Å². The standard InChI is InChI=1S/C25H27N5O2/c31-23(13-12-19-15-17-7-3-4-10-21(17)27-25(19)32)26-20-9-6-8-18(16-20)24-29-28-22-11-2-1-5-14-30(22)24/h3-4,6-10,16,19H,1-2,5,11-15H2,(H,26,31)(H,27,32)/t19-/m1/s1. The number of aryl methyl sites for hydroxylation is 1. The molecular weight excluding hydrogens is 402 g/mol. The number of aromatic nitrogens is 3. The van der Waals surface area contributed by atoms with Gasteiger partial charge in [-0.2, -0.15) is 0 Å². The monoisotopic (exact) mass is 429 g/mol. The zero-order chi connectivity index (χ0) is 21.9. The summed E-state index contributed by atoms with van der Waals surface area (Å²) in [5.74, 6) is 1.61. The summed E-state index contributed by atoms with van der Waals surface area (Å²) in [4.78, 5) is 25.0. The van der Waals surface area contributed by atoms with Crippen LogP contribution in [0.1, 0.15) is 43.5 Å². The van der Waals surface area contributed by atoms with Gasteiger partial charge in [0.1, 0.15) is 5.82 Å². The molecule has 2 amide bonds. The van der Waals surface area contributed by atoms with Crippen LogP contribution in [0.15, 0.2) is 48.5 Å². The van der Waals surface area contributed by atoms with E-state index in [0.717, 1.165) is 60.0 Å². The molecule has 2 aromatic carbocycles. The Kier molecular flexibility index (Phi) is 5.71. The third-order valence-electron chi connectivity index (χ3n) is 6.35. The number of para-hydroxylation sites is 1. The minimum Gasteiger partial charge on any atom is -0.326 e. The Balaban J connectivity index is 1.22. The number of amides is 2. The van der Waals surface area contributed by atoms with Gasteiger partial charge in [0.2, 0.25) is 11.8 Å². The minimum atomic E-state index is -0.187. The first-order valence-corrected chi connectivity index (χ1v) is 11.4. The van der Waals surface area contributed by atoms with Crippen LogP contribution < -0.4 is 10.6 Å². The van der Waals surface area contributed by atoms with Crippen molar-refractivity contribution in [2.24, 2.45) is 5.92 Å². The number of carbonyl (C=O) groups is 2. The molecule has 0 fully saturated rings. The number of carbonyl (C=O) groups excluding carboxylic acids is 2. The molecule has 0 saturated carbocycles. The fraction of sp³-hybridized carbons (Fsp3) is 0.360. The molecule has 0 bridgehead atoms. The van der Waals surface area contributed by atoms with E-state index in [9.17, 15) is 9.59 Å². The average Bonchev–Trinajstić information content (AvgIpc) is 3.06. The lowest BCUT2D eigenvalue weighted by Gasteiger charge is -2.24. The van der Waals surface area contributed by atoms with Gasteiger partial charge < -0.3 is 15.2 Å². The summed E-state index contributed by atoms with van der Waals surface area (Å²) in [5, 5.41) is 14.7. The first kappa shape index (κ1) is 20.4. The molecule has 3 heterocycles. The third-order valence-corrected chi connectivity index (χ3v) is 6.35. The van der Waals surface area contributed by atoms with Crippen LogP contribution in [0, 0.1) is 5.92 Å². The zero-order valence-corrected chi connectivity index (χ0v) is 18.0. The van der Waals surface area contributed by atoms with Gasteiger partial charge in [0.25, 0.3) is 0 Å². The predicted molar refractivity (Wildman–Crippen MR) is 123 cm³/mol. The molecule has 5 rings (SSSR count). The van der Waals surface area contributed by atoms with Crippen molar-refractivity contribution < 1.29 is 9.59 Å². The van der Waals surface area contributed by atoms with Crippen molar-refractivity contribution in [1.29, 1.82) is 0 Å². The second kappa shape index (κ2) is 8.94. The number of nitrogens with zero attached hydrogens (tertiary/aromatic N) is 3. The molecule has 1 aromatic heterocycles. The summed E-state index contributed by atoms with van der Waals surface area (Å²) >= 11 is 0. The van der Waals surface area contributed by atoms with Gasteiger partial charge in [-0.1, -0.05) is 36.8 Å². The lowest BCUT2D eigenvalue weighted by Crippen LogP contribution is -2.30. The Labute approximate surface area is 187 Å². The van der Waals surface area contributed by atoms with Crippen molar-refractivity contribution in [3.63, 3.8) is 0 Å². The van der Waals surface area contributed by atoms with E-state index in [1.807, 2.05) is 48.5 Å². The van der Waals surface area contributed by atoms with Crippen molar-refractivity contribution in [3.05, 3.63) is 59.9 Å². The fourth-order valence-electron chi connectivity index (χ4n) is 4.61. The molecular formula is C25H27N5O2. The number of benzene rings is 2. The van der Waals surface area contributed by atoms with Gasteiger partial charge in [0.15, 0.2) is 5.82 Å². The van der Waals surface area contributed by atoms with Crippen LogP contribution in [0.5, 0.6) is 0 Å². The Morgan fingerprint density at radius 1 is 1.09 bits per heavy atom. The molecule has 0 radical (unpaired) electrons. The second-order valence-corrected chi connectivity index (χ2v) is 8.62. The summed E-state index contributed by atoms with van der Waals surface area (Å²) in [5.41, 5.74) is 3.68. The van der Waals surface area contributed by atoms with E-state index in [4.69, 9.17) is 0 Å². The Hall–Kier alpha value is -3.48. The summed E-state index contributed by atoms with van der Waals surface area (Å²) in [6.07, 6.45) is 5.94. The van der Waals surface area contributed by atoms with Gasteiger partial charge in [0, 0.05) is 42.2 Å². The maximum atomic E-state index is 12.6. The summed E-state index contributed by atoms with van der Waals surface area (Å²) in [6, 6.07) is 15.6. The van der Waals surface area contributed by atoms with Crippen molar-refractivity contribution in [1.82, 2.24) is 14.8 Å². The average molecular weight is 430 g/mol. The molecule has 0 unspecified atom stereocenters. The van der Waals surface area contributed by atoms with E-state index in [1.165, 1.54) is 6.42 Å². The first-order chi connectivity index (χ1) is 15.7. The zero-order valence-electron chi connectivity index (χ0n) is 18.0. The minimum absolute atomic E-state index is 0.00834. The first-order valence-electron chi connectivity index (χ1n) is 11.4. The highest BCUT2D eigenvalue weighted by molar-refractivity contribution is 5.96. The highest BCUT2D eigenvalue weighted by Gasteiger charge is 2.26. The van der Waals surface area contributed by atoms with Gasteiger partial charge in [-0.15, -0.1) is 10.2 Å². The predicted octanol–water partition coefficient (Wildman–Crippen LogP) is 4.20. The molecule has 2 N–H and O–H groups in total. The van der Waals surface area contributed by atoms with E-state index in [2.05, 4.69) is 25.4 Å². The maximum Gasteiger partial charge on any atom is 0.227 e. The van der Waals surface area contributed by atoms with Gasteiger partial charge in [0.05, 0.1) is 0 Å². The van der Waals surface area contributed by atoms with Crippen molar-refractivity contribution in [3.8, 4) is 11.4 Å². The van der Waals surface area contributed by atoms with Crippen molar-refractivity contribution >= 4 is 23.2 Å². The van der Waals surface area contributed by atoms with Gasteiger partial charge in [-0.25, -0.2) is 0 Å². The molecule has 0 aliphatic carbocycles. The third kappa shape index (κ3) is 4.28. The molecule has 7 nitrogen and oxygen atoms in total. The van der Waals surface area contributed by atoms with Crippen LogP contribution in [0.4, 0.5) is 11.4 Å². The maximum absolute atomic E-state index is 12.6. The SMILES string of the molecule is O=C(CC[C@@H]1Cc2ccccc2NC1=O)Nc1cccc(-c2nnc3n2CCCCC3)c1. The largest absolute Gasteiger partial charge is 0.326 e. The summed E-state index contributed by atoms with van der Waals surface area (Å²) in [7, 11) is 0. The van der Waals surface area contributed by atoms with E-state index >= 15 is 0 Å². The lowest BCUT2D eigenvalue weighted by molar-refractivity contribution is -0.121. The molecule has 0 spiro atoms. The van der Waals surface area contributed by atoms with Gasteiger partial charge >= 0.3 is 0 Å². The summed E-state index contributed by atoms with van der Waals surface area (Å²) in [6.45, 7) is 0.931. The molecule has 2 aliphatic rings. The van der Waals surface area contributed by atoms with E-state index < -0.39 is 0 Å². The number of hydrogen-bond acceptors (Lipinski definition) is 4. The van der Waals surface area contributed by atoms with Gasteiger partial charge in [-0.05, 0) is 49.4 Å². The van der Waals surface area contributed by atoms with Crippen LogP contribution in [0.25, 0.3) is 11.4 Å². The molecule has 3 aromatic rings. The highest BCUT2D eigenvalue weighted by Crippen LogP contribution is 2.28. The molecule has 164 valence electrons. The van der Waals surface area contributed by atoms with E-state index in [0.29, 0.717) is 19.3 Å². The summed E-state index contributed by atoms with van der Waals surface area (Å²) < 4.78 is 2.20. The van der Waals surface area contributed by atoms with E-state index in [-0.39, 0.29) is 17.7 Å². The van der Waals surface area contributed by atoms with Crippen LogP contribution in [-0.2, 0) is 29.0 Å². The number of nitrogens with one attached hydrogen (secondary N) is 2. The Morgan fingerprint density at radius 3 is 2.94 bits per heavy atom. The number of rotatable bonds is 5. The molecule has 32 heavy (non-hydrogen) atoms. The highest BCUT2D eigenvalue weighted by atomic mass is 16.2. The number of hydrogen-bond donors (Lipinski definition) is 2. The van der Waals surface area contributed by atoms with Crippen molar-refractivity contribution in [2.45, 2.75) is 51.5 Å². The molecule has 0 saturated heterocycles. The molecule has 7 heteroatoms. The quantitative estimate of drug-likeness (QED) is 0.636. The Morgan fingerprint density at radius 2 is 2.00 bits per heavy atom. The normalized spacial score (nSPS) is 17.6.